The Kier molecular flexibility index (Phi) is 5.87. The number of rotatable bonds is 8. The molecule has 0 bridgehead atoms. The van der Waals surface area contributed by atoms with Crippen LogP contribution in [0.3, 0.4) is 0 Å². The predicted octanol–water partition coefficient (Wildman–Crippen LogP) is 5.13. The lowest BCUT2D eigenvalue weighted by molar-refractivity contribution is 0.0944. The van der Waals surface area contributed by atoms with E-state index in [0.717, 1.165) is 28.5 Å². The Balaban J connectivity index is 1.53. The first-order valence-corrected chi connectivity index (χ1v) is 10.1. The van der Waals surface area contributed by atoms with E-state index in [1.165, 1.54) is 0 Å². The summed E-state index contributed by atoms with van der Waals surface area (Å²) in [5.74, 6) is 0.110. The Morgan fingerprint density at radius 1 is 0.900 bits per heavy atom. The van der Waals surface area contributed by atoms with E-state index in [4.69, 9.17) is 0 Å². The van der Waals surface area contributed by atoms with Crippen molar-refractivity contribution in [2.75, 3.05) is 6.54 Å². The van der Waals surface area contributed by atoms with Crippen LogP contribution in [0.4, 0.5) is 0 Å². The van der Waals surface area contributed by atoms with E-state index in [-0.39, 0.29) is 11.6 Å². The van der Waals surface area contributed by atoms with Gasteiger partial charge in [-0.2, -0.15) is 0 Å². The second-order valence-electron chi connectivity index (χ2n) is 7.41. The van der Waals surface area contributed by atoms with Crippen LogP contribution in [-0.4, -0.2) is 23.1 Å². The van der Waals surface area contributed by atoms with E-state index in [9.17, 15) is 9.59 Å². The molecule has 0 unspecified atom stereocenters. The maximum absolute atomic E-state index is 13.5. The Morgan fingerprint density at radius 2 is 1.60 bits per heavy atom. The number of hydrogen-bond acceptors (Lipinski definition) is 3. The summed E-state index contributed by atoms with van der Waals surface area (Å²) in [5.41, 5.74) is 4.43. The number of Topliss-reactive ketones (excluding diaryl/α,β-unsaturated/α-hetero) is 2. The average molecular weight is 396 g/mol. The summed E-state index contributed by atoms with van der Waals surface area (Å²) < 4.78 is 0. The highest BCUT2D eigenvalue weighted by Crippen LogP contribution is 2.24. The number of benzene rings is 3. The van der Waals surface area contributed by atoms with Crippen LogP contribution in [0.2, 0.25) is 0 Å². The van der Waals surface area contributed by atoms with Crippen molar-refractivity contribution in [1.82, 2.24) is 10.3 Å². The number of carbonyl (C=O) groups is 2. The number of H-pyrrole nitrogens is 1. The second kappa shape index (κ2) is 8.89. The number of para-hydroxylation sites is 1. The van der Waals surface area contributed by atoms with Crippen LogP contribution in [0.1, 0.15) is 44.8 Å². The Labute approximate surface area is 175 Å². The number of ketones is 2. The largest absolute Gasteiger partial charge is 0.360 e. The molecule has 4 heteroatoms. The number of aromatic amines is 1. The highest BCUT2D eigenvalue weighted by Gasteiger charge is 2.23. The normalized spacial score (nSPS) is 12.0. The van der Waals surface area contributed by atoms with Crippen LogP contribution in [-0.2, 0) is 6.42 Å². The summed E-state index contributed by atoms with van der Waals surface area (Å²) in [6.07, 6.45) is 2.56. The maximum Gasteiger partial charge on any atom is 0.186 e. The molecule has 0 radical (unpaired) electrons. The van der Waals surface area contributed by atoms with Gasteiger partial charge in [0.25, 0.3) is 0 Å². The molecule has 0 saturated heterocycles. The molecule has 30 heavy (non-hydrogen) atoms. The van der Waals surface area contributed by atoms with Gasteiger partial charge in [0.2, 0.25) is 0 Å². The van der Waals surface area contributed by atoms with Gasteiger partial charge in [0.15, 0.2) is 11.6 Å². The van der Waals surface area contributed by atoms with Gasteiger partial charge in [0.1, 0.15) is 0 Å². The van der Waals surface area contributed by atoms with Gasteiger partial charge < -0.3 is 10.3 Å². The smallest absolute Gasteiger partial charge is 0.186 e. The molecule has 0 aliphatic carbocycles. The van der Waals surface area contributed by atoms with Gasteiger partial charge in [0, 0.05) is 34.8 Å². The van der Waals surface area contributed by atoms with Crippen LogP contribution in [0.25, 0.3) is 10.9 Å². The fourth-order valence-electron chi connectivity index (χ4n) is 3.71. The van der Waals surface area contributed by atoms with Crippen molar-refractivity contribution in [3.8, 4) is 0 Å². The molecule has 0 aliphatic rings. The third-order valence-corrected chi connectivity index (χ3v) is 5.37. The fourth-order valence-corrected chi connectivity index (χ4v) is 3.71. The van der Waals surface area contributed by atoms with E-state index in [1.54, 1.807) is 13.1 Å². The van der Waals surface area contributed by atoms with Gasteiger partial charge in [0.05, 0.1) is 6.04 Å². The molecule has 0 amide bonds. The minimum Gasteiger partial charge on any atom is -0.360 e. The standard InChI is InChI=1S/C26H24N2O2/c1-18(29)20-13-11-19(12-14-20)15-16-27-25(21-7-3-2-4-8-21)26(30)23-17-28-24-10-6-5-9-22(23)24/h2-14,17,25,27-28H,15-16H2,1H3/t25-/m1/s1. The highest BCUT2D eigenvalue weighted by molar-refractivity contribution is 6.10. The quantitative estimate of drug-likeness (QED) is 0.406. The van der Waals surface area contributed by atoms with E-state index in [1.807, 2.05) is 78.9 Å². The fraction of sp³-hybridized carbons (Fsp3) is 0.154. The summed E-state index contributed by atoms with van der Waals surface area (Å²) in [5, 5.41) is 4.38. The molecular weight excluding hydrogens is 372 g/mol. The molecule has 1 heterocycles. The Morgan fingerprint density at radius 3 is 2.33 bits per heavy atom. The van der Waals surface area contributed by atoms with Gasteiger partial charge in [-0.1, -0.05) is 72.8 Å². The van der Waals surface area contributed by atoms with Crippen molar-refractivity contribution >= 4 is 22.5 Å². The van der Waals surface area contributed by atoms with Crippen molar-refractivity contribution in [2.45, 2.75) is 19.4 Å². The highest BCUT2D eigenvalue weighted by atomic mass is 16.1. The molecule has 1 aromatic heterocycles. The molecule has 0 aliphatic heterocycles. The van der Waals surface area contributed by atoms with Crippen LogP contribution < -0.4 is 5.32 Å². The lowest BCUT2D eigenvalue weighted by atomic mass is 9.96. The molecule has 2 N–H and O–H groups in total. The van der Waals surface area contributed by atoms with E-state index in [2.05, 4.69) is 10.3 Å². The molecule has 0 saturated carbocycles. The number of nitrogens with one attached hydrogen (secondary N) is 2. The third kappa shape index (κ3) is 4.24. The number of carbonyl (C=O) groups excluding carboxylic acids is 2. The Bertz CT molecular complexity index is 1160. The molecule has 3 aromatic carbocycles. The number of aromatic nitrogens is 1. The zero-order valence-corrected chi connectivity index (χ0v) is 16.9. The van der Waals surface area contributed by atoms with Crippen molar-refractivity contribution in [1.29, 1.82) is 0 Å². The first-order valence-electron chi connectivity index (χ1n) is 10.1. The zero-order chi connectivity index (χ0) is 20.9. The van der Waals surface area contributed by atoms with E-state index in [0.29, 0.717) is 17.7 Å². The van der Waals surface area contributed by atoms with Crippen LogP contribution in [0.5, 0.6) is 0 Å². The van der Waals surface area contributed by atoms with Crippen molar-refractivity contribution in [2.24, 2.45) is 0 Å². The number of fused-ring (bicyclic) bond motifs is 1. The van der Waals surface area contributed by atoms with Gasteiger partial charge in [-0.25, -0.2) is 0 Å². The van der Waals surface area contributed by atoms with Gasteiger partial charge in [-0.3, -0.25) is 9.59 Å². The minimum atomic E-state index is -0.429. The first-order chi connectivity index (χ1) is 14.6. The molecule has 0 spiro atoms. The summed E-state index contributed by atoms with van der Waals surface area (Å²) >= 11 is 0. The summed E-state index contributed by atoms with van der Waals surface area (Å²) in [6, 6.07) is 24.9. The van der Waals surface area contributed by atoms with E-state index >= 15 is 0 Å². The average Bonchev–Trinajstić information content (AvgIpc) is 3.21. The molecule has 4 aromatic rings. The van der Waals surface area contributed by atoms with Crippen molar-refractivity contribution < 1.29 is 9.59 Å². The monoisotopic (exact) mass is 396 g/mol. The maximum atomic E-state index is 13.5. The zero-order valence-electron chi connectivity index (χ0n) is 16.9. The second-order valence-corrected chi connectivity index (χ2v) is 7.41. The van der Waals surface area contributed by atoms with Crippen molar-refractivity contribution in [3.63, 3.8) is 0 Å². The van der Waals surface area contributed by atoms with Crippen LogP contribution in [0, 0.1) is 0 Å². The molecule has 4 nitrogen and oxygen atoms in total. The lowest BCUT2D eigenvalue weighted by Gasteiger charge is -2.18. The summed E-state index contributed by atoms with van der Waals surface area (Å²) in [6.45, 7) is 2.21. The Hall–Kier alpha value is -3.50. The molecule has 0 fully saturated rings. The minimum absolute atomic E-state index is 0.0468. The van der Waals surface area contributed by atoms with Gasteiger partial charge in [-0.15, -0.1) is 0 Å². The topological polar surface area (TPSA) is 62.0 Å². The SMILES string of the molecule is CC(=O)c1ccc(CCN[C@@H](C(=O)c2c[nH]c3ccccc23)c2ccccc2)cc1. The summed E-state index contributed by atoms with van der Waals surface area (Å²) in [7, 11) is 0. The lowest BCUT2D eigenvalue weighted by Crippen LogP contribution is -2.30. The van der Waals surface area contributed by atoms with Crippen LogP contribution >= 0.6 is 0 Å². The molecule has 4 rings (SSSR count). The molecule has 150 valence electrons. The van der Waals surface area contributed by atoms with E-state index < -0.39 is 6.04 Å². The van der Waals surface area contributed by atoms with Crippen molar-refractivity contribution in [3.05, 3.63) is 107 Å². The predicted molar refractivity (Wildman–Crippen MR) is 120 cm³/mol. The van der Waals surface area contributed by atoms with Crippen LogP contribution in [0.15, 0.2) is 85.1 Å². The number of hydrogen-bond donors (Lipinski definition) is 2. The third-order valence-electron chi connectivity index (χ3n) is 5.37. The van der Waals surface area contributed by atoms with Gasteiger partial charge >= 0.3 is 0 Å². The molecule has 1 atom stereocenters. The first kappa shape index (κ1) is 19.8. The molecular formula is C26H24N2O2. The summed E-state index contributed by atoms with van der Waals surface area (Å²) in [4.78, 5) is 28.1. The van der Waals surface area contributed by atoms with Gasteiger partial charge in [-0.05, 0) is 30.5 Å².